The molecule has 2 rings (SSSR count). The molecular weight excluding hydrogens is 320 g/mol. The summed E-state index contributed by atoms with van der Waals surface area (Å²) in [4.78, 5) is 22.2. The highest BCUT2D eigenvalue weighted by molar-refractivity contribution is 6.30. The van der Waals surface area contributed by atoms with Crippen LogP contribution < -0.4 is 4.74 Å². The quantitative estimate of drug-likeness (QED) is 0.839. The molecule has 2 aromatic rings. The van der Waals surface area contributed by atoms with Crippen molar-refractivity contribution in [2.75, 3.05) is 0 Å². The molecule has 2 N–H and O–H groups in total. The molecule has 2 aromatic carbocycles. The van der Waals surface area contributed by atoms with Crippen LogP contribution in [0.3, 0.4) is 0 Å². The average Bonchev–Trinajstić information content (AvgIpc) is 2.52. The molecule has 0 saturated carbocycles. The Kier molecular flexibility index (Phi) is 5.24. The molecule has 5 nitrogen and oxygen atoms in total. The lowest BCUT2D eigenvalue weighted by molar-refractivity contribution is -0.138. The Balaban J connectivity index is 2.19. The number of halogens is 1. The van der Waals surface area contributed by atoms with Crippen molar-refractivity contribution in [3.8, 4) is 5.75 Å². The van der Waals surface area contributed by atoms with Gasteiger partial charge in [0.2, 0.25) is 0 Å². The maximum atomic E-state index is 11.2. The standard InChI is InChI=1S/C17H15ClO5/c1-10(16(19)20)11-3-2-4-14(8-11)23-9-12-7-13(18)5-6-15(12)17(21)22/h2-8,10H,9H2,1H3,(H,19,20)(H,21,22)/t10-/m0/s1. The van der Waals surface area contributed by atoms with Gasteiger partial charge in [0.1, 0.15) is 12.4 Å². The Bertz CT molecular complexity index is 742. The summed E-state index contributed by atoms with van der Waals surface area (Å²) >= 11 is 5.89. The molecule has 0 radical (unpaired) electrons. The Morgan fingerprint density at radius 1 is 1.17 bits per heavy atom. The fourth-order valence-electron chi connectivity index (χ4n) is 2.07. The molecule has 0 amide bonds. The van der Waals surface area contributed by atoms with Crippen molar-refractivity contribution < 1.29 is 24.5 Å². The summed E-state index contributed by atoms with van der Waals surface area (Å²) in [6.45, 7) is 1.61. The van der Waals surface area contributed by atoms with Crippen LogP contribution in [-0.2, 0) is 11.4 Å². The molecule has 0 bridgehead atoms. The third-order valence-corrected chi connectivity index (χ3v) is 3.66. The Hall–Kier alpha value is -2.53. The number of ether oxygens (including phenoxy) is 1. The van der Waals surface area contributed by atoms with Gasteiger partial charge in [-0.3, -0.25) is 4.79 Å². The number of aliphatic carboxylic acids is 1. The minimum atomic E-state index is -1.06. The normalized spacial score (nSPS) is 11.7. The first-order valence-electron chi connectivity index (χ1n) is 6.85. The van der Waals surface area contributed by atoms with Crippen LogP contribution in [0.5, 0.6) is 5.75 Å². The number of carbonyl (C=O) groups is 2. The predicted octanol–water partition coefficient (Wildman–Crippen LogP) is 3.81. The van der Waals surface area contributed by atoms with Crippen LogP contribution in [0.2, 0.25) is 5.02 Å². The van der Waals surface area contributed by atoms with E-state index in [4.69, 9.17) is 26.6 Å². The van der Waals surface area contributed by atoms with Crippen molar-refractivity contribution in [3.63, 3.8) is 0 Å². The van der Waals surface area contributed by atoms with E-state index in [0.29, 0.717) is 21.9 Å². The maximum Gasteiger partial charge on any atom is 0.336 e. The number of carboxylic acid groups (broad SMARTS) is 2. The predicted molar refractivity (Wildman–Crippen MR) is 85.2 cm³/mol. The second kappa shape index (κ2) is 7.15. The Morgan fingerprint density at radius 2 is 1.91 bits per heavy atom. The molecule has 0 fully saturated rings. The van der Waals surface area contributed by atoms with Crippen LogP contribution in [-0.4, -0.2) is 22.2 Å². The lowest BCUT2D eigenvalue weighted by Gasteiger charge is -2.12. The number of hydrogen-bond acceptors (Lipinski definition) is 3. The molecule has 0 aliphatic heterocycles. The van der Waals surface area contributed by atoms with Gasteiger partial charge in [-0.05, 0) is 42.8 Å². The van der Waals surface area contributed by atoms with E-state index < -0.39 is 17.9 Å². The molecule has 120 valence electrons. The van der Waals surface area contributed by atoms with E-state index in [1.165, 1.54) is 18.2 Å². The lowest BCUT2D eigenvalue weighted by atomic mass is 10.0. The van der Waals surface area contributed by atoms with Crippen molar-refractivity contribution in [3.05, 3.63) is 64.2 Å². The minimum Gasteiger partial charge on any atom is -0.489 e. The summed E-state index contributed by atoms with van der Waals surface area (Å²) in [5.41, 5.74) is 1.17. The van der Waals surface area contributed by atoms with Crippen molar-refractivity contribution in [2.45, 2.75) is 19.4 Å². The molecule has 0 spiro atoms. The summed E-state index contributed by atoms with van der Waals surface area (Å²) in [6.07, 6.45) is 0. The van der Waals surface area contributed by atoms with Crippen molar-refractivity contribution in [2.24, 2.45) is 0 Å². The van der Waals surface area contributed by atoms with Gasteiger partial charge in [-0.1, -0.05) is 23.7 Å². The molecule has 0 unspecified atom stereocenters. The van der Waals surface area contributed by atoms with Crippen molar-refractivity contribution in [1.29, 1.82) is 0 Å². The highest BCUT2D eigenvalue weighted by Gasteiger charge is 2.15. The summed E-state index contributed by atoms with van der Waals surface area (Å²) < 4.78 is 5.59. The van der Waals surface area contributed by atoms with E-state index >= 15 is 0 Å². The first-order chi connectivity index (χ1) is 10.9. The van der Waals surface area contributed by atoms with Crippen LogP contribution in [0.25, 0.3) is 0 Å². The molecule has 0 heterocycles. The number of hydrogen-bond donors (Lipinski definition) is 2. The third kappa shape index (κ3) is 4.23. The highest BCUT2D eigenvalue weighted by atomic mass is 35.5. The van der Waals surface area contributed by atoms with Crippen LogP contribution in [0.15, 0.2) is 42.5 Å². The molecule has 6 heteroatoms. The summed E-state index contributed by atoms with van der Waals surface area (Å²) in [5.74, 6) is -2.18. The zero-order chi connectivity index (χ0) is 17.0. The Morgan fingerprint density at radius 3 is 2.57 bits per heavy atom. The zero-order valence-corrected chi connectivity index (χ0v) is 13.1. The fraction of sp³-hybridized carbons (Fsp3) is 0.176. The first-order valence-corrected chi connectivity index (χ1v) is 7.23. The summed E-state index contributed by atoms with van der Waals surface area (Å²) in [7, 11) is 0. The summed E-state index contributed by atoms with van der Waals surface area (Å²) in [6, 6.07) is 11.2. The van der Waals surface area contributed by atoms with E-state index in [0.717, 1.165) is 0 Å². The molecular formula is C17H15ClO5. The van der Waals surface area contributed by atoms with Gasteiger partial charge in [0.05, 0.1) is 11.5 Å². The summed E-state index contributed by atoms with van der Waals surface area (Å²) in [5, 5.41) is 18.6. The van der Waals surface area contributed by atoms with Crippen LogP contribution in [0, 0.1) is 0 Å². The second-order valence-corrected chi connectivity index (χ2v) is 5.46. The van der Waals surface area contributed by atoms with Crippen molar-refractivity contribution in [1.82, 2.24) is 0 Å². The second-order valence-electron chi connectivity index (χ2n) is 5.03. The molecule has 1 atom stereocenters. The topological polar surface area (TPSA) is 83.8 Å². The molecule has 0 aliphatic carbocycles. The van der Waals surface area contributed by atoms with E-state index in [1.54, 1.807) is 31.2 Å². The maximum absolute atomic E-state index is 11.2. The molecule has 0 aliphatic rings. The monoisotopic (exact) mass is 334 g/mol. The van der Waals surface area contributed by atoms with Crippen molar-refractivity contribution >= 4 is 23.5 Å². The third-order valence-electron chi connectivity index (χ3n) is 3.42. The van der Waals surface area contributed by atoms with Crippen LogP contribution in [0.1, 0.15) is 34.3 Å². The van der Waals surface area contributed by atoms with E-state index in [1.807, 2.05) is 0 Å². The number of carboxylic acids is 2. The van der Waals surface area contributed by atoms with Gasteiger partial charge in [0, 0.05) is 10.6 Å². The largest absolute Gasteiger partial charge is 0.489 e. The van der Waals surface area contributed by atoms with Crippen LogP contribution >= 0.6 is 11.6 Å². The molecule has 0 saturated heterocycles. The highest BCUT2D eigenvalue weighted by Crippen LogP contribution is 2.23. The number of rotatable bonds is 6. The smallest absolute Gasteiger partial charge is 0.336 e. The number of aromatic carboxylic acids is 1. The van der Waals surface area contributed by atoms with E-state index in [2.05, 4.69) is 0 Å². The average molecular weight is 335 g/mol. The number of benzene rings is 2. The SMILES string of the molecule is C[C@H](C(=O)O)c1cccc(OCc2cc(Cl)ccc2C(=O)O)c1. The van der Waals surface area contributed by atoms with Gasteiger partial charge in [0.15, 0.2) is 0 Å². The van der Waals surface area contributed by atoms with Gasteiger partial charge in [-0.25, -0.2) is 4.79 Å². The zero-order valence-electron chi connectivity index (χ0n) is 12.3. The minimum absolute atomic E-state index is 0.0209. The van der Waals surface area contributed by atoms with Crippen LogP contribution in [0.4, 0.5) is 0 Å². The van der Waals surface area contributed by atoms with Gasteiger partial charge < -0.3 is 14.9 Å². The fourth-order valence-corrected chi connectivity index (χ4v) is 2.26. The van der Waals surface area contributed by atoms with E-state index in [-0.39, 0.29) is 12.2 Å². The molecule has 0 aromatic heterocycles. The Labute approximate surface area is 138 Å². The van der Waals surface area contributed by atoms with Gasteiger partial charge in [-0.15, -0.1) is 0 Å². The first kappa shape index (κ1) is 16.8. The molecule has 23 heavy (non-hydrogen) atoms. The van der Waals surface area contributed by atoms with E-state index in [9.17, 15) is 9.59 Å². The van der Waals surface area contributed by atoms with Gasteiger partial charge in [0.25, 0.3) is 0 Å². The van der Waals surface area contributed by atoms with Gasteiger partial charge >= 0.3 is 11.9 Å². The lowest BCUT2D eigenvalue weighted by Crippen LogP contribution is -2.08. The van der Waals surface area contributed by atoms with Gasteiger partial charge in [-0.2, -0.15) is 0 Å².